The summed E-state index contributed by atoms with van der Waals surface area (Å²) < 4.78 is 11.4. The number of nitrogens with zero attached hydrogens (tertiary/aromatic N) is 1. The predicted octanol–water partition coefficient (Wildman–Crippen LogP) is 10.9. The van der Waals surface area contributed by atoms with E-state index in [9.17, 15) is 19.2 Å². The lowest BCUT2D eigenvalue weighted by Crippen LogP contribution is -2.37. The normalized spacial score (nSPS) is 11.8. The van der Waals surface area contributed by atoms with Crippen molar-refractivity contribution >= 4 is 23.3 Å². The fourth-order valence-corrected chi connectivity index (χ4v) is 7.28. The Bertz CT molecular complexity index is 1180. The molecular weight excluding hydrogens is 691 g/mol. The molecule has 9 nitrogen and oxygen atoms in total. The molecule has 0 bridgehead atoms. The number of allylic oxidation sites excluding steroid dienone is 1. The number of carbonyl (C=O) groups is 2. The number of hydrogen-bond donors (Lipinski definition) is 2. The van der Waals surface area contributed by atoms with Crippen LogP contribution in [0, 0.1) is 5.92 Å². The Labute approximate surface area is 336 Å². The van der Waals surface area contributed by atoms with Gasteiger partial charge in [-0.3, -0.25) is 14.4 Å². The zero-order valence-corrected chi connectivity index (χ0v) is 36.1. The molecule has 0 fully saturated rings. The van der Waals surface area contributed by atoms with Crippen molar-refractivity contribution < 1.29 is 19.1 Å². The lowest BCUT2D eigenvalue weighted by Gasteiger charge is -2.23. The summed E-state index contributed by atoms with van der Waals surface area (Å²) in [6, 6.07) is 0. The van der Waals surface area contributed by atoms with Crippen LogP contribution in [-0.4, -0.2) is 62.8 Å². The van der Waals surface area contributed by atoms with Crippen molar-refractivity contribution in [3.63, 3.8) is 0 Å². The maximum Gasteiger partial charge on any atom is 0.330 e. The summed E-state index contributed by atoms with van der Waals surface area (Å²) in [5.41, 5.74) is -0.0896. The highest BCUT2D eigenvalue weighted by Gasteiger charge is 2.19. The molecule has 55 heavy (non-hydrogen) atoms. The van der Waals surface area contributed by atoms with Crippen LogP contribution in [0.3, 0.4) is 0 Å². The number of esters is 2. The van der Waals surface area contributed by atoms with Crippen LogP contribution in [0.4, 0.5) is 11.4 Å². The molecule has 0 aromatic heterocycles. The minimum absolute atomic E-state index is 0.0252. The number of carbonyl (C=O) groups excluding carboxylic acids is 2. The Morgan fingerprint density at radius 1 is 0.636 bits per heavy atom. The standard InChI is InChI=1S/C46H83N3O6/c1-6-10-20-29-40(30-21-11-7-2)55-42(51)32-23-17-15-19-25-36-49(37-26-34-48-44-43(47-5)45(52)46(44)53)35-24-18-14-16-22-31-41(50)54-38-33-39(27-12-8-3)28-13-9-4/h22,31,39-40,47-48H,6-21,23-30,32-38H2,1-5H3/b31-22+. The van der Waals surface area contributed by atoms with Gasteiger partial charge in [0.1, 0.15) is 17.5 Å². The maximum absolute atomic E-state index is 12.6. The summed E-state index contributed by atoms with van der Waals surface area (Å²) in [5.74, 6) is 0.413. The second kappa shape index (κ2) is 34.6. The molecule has 0 saturated heterocycles. The van der Waals surface area contributed by atoms with Crippen LogP contribution in [0.1, 0.15) is 195 Å². The molecular formula is C46H83N3O6. The number of unbranched alkanes of at least 4 members (excludes halogenated alkanes) is 13. The highest BCUT2D eigenvalue weighted by atomic mass is 16.5. The van der Waals surface area contributed by atoms with Gasteiger partial charge in [-0.15, -0.1) is 0 Å². The van der Waals surface area contributed by atoms with E-state index in [4.69, 9.17) is 9.47 Å². The van der Waals surface area contributed by atoms with Gasteiger partial charge >= 0.3 is 11.9 Å². The van der Waals surface area contributed by atoms with Crippen molar-refractivity contribution in [1.29, 1.82) is 0 Å². The summed E-state index contributed by atoms with van der Waals surface area (Å²) in [5, 5.41) is 5.99. The first-order chi connectivity index (χ1) is 26.8. The highest BCUT2D eigenvalue weighted by molar-refractivity contribution is 5.81. The van der Waals surface area contributed by atoms with Gasteiger partial charge in [0.25, 0.3) is 10.9 Å². The molecule has 0 aliphatic carbocycles. The number of ether oxygens (including phenoxy) is 2. The Morgan fingerprint density at radius 2 is 1.20 bits per heavy atom. The SMILES string of the molecule is CCCCCC(CCCCC)OC(=O)CCCCCCCN(CCCCC/C=C/C(=O)OCCC(CCCC)CCCC)CCCNc1c(NC)c(=O)c1=O. The maximum atomic E-state index is 12.6. The summed E-state index contributed by atoms with van der Waals surface area (Å²) in [6.07, 6.45) is 31.8. The zero-order valence-electron chi connectivity index (χ0n) is 36.1. The van der Waals surface area contributed by atoms with E-state index in [0.29, 0.717) is 36.9 Å². The van der Waals surface area contributed by atoms with Crippen molar-refractivity contribution in [1.82, 2.24) is 4.90 Å². The van der Waals surface area contributed by atoms with Crippen LogP contribution in [0.2, 0.25) is 0 Å². The monoisotopic (exact) mass is 774 g/mol. The first-order valence-corrected chi connectivity index (χ1v) is 22.8. The van der Waals surface area contributed by atoms with Crippen molar-refractivity contribution in [3.05, 3.63) is 32.6 Å². The van der Waals surface area contributed by atoms with Gasteiger partial charge in [-0.05, 0) is 96.2 Å². The smallest absolute Gasteiger partial charge is 0.330 e. The van der Waals surface area contributed by atoms with E-state index < -0.39 is 10.9 Å². The van der Waals surface area contributed by atoms with E-state index in [2.05, 4.69) is 43.2 Å². The number of anilines is 2. The lowest BCUT2D eigenvalue weighted by molar-refractivity contribution is -0.150. The van der Waals surface area contributed by atoms with E-state index in [0.717, 1.165) is 116 Å². The van der Waals surface area contributed by atoms with E-state index in [1.165, 1.54) is 64.2 Å². The third kappa shape index (κ3) is 25.2. The number of rotatable bonds is 39. The predicted molar refractivity (Wildman–Crippen MR) is 232 cm³/mol. The van der Waals surface area contributed by atoms with Crippen molar-refractivity contribution in [2.24, 2.45) is 5.92 Å². The van der Waals surface area contributed by atoms with Crippen molar-refractivity contribution in [2.75, 3.05) is 50.5 Å². The molecule has 318 valence electrons. The molecule has 0 unspecified atom stereocenters. The van der Waals surface area contributed by atoms with Crippen LogP contribution in [0.5, 0.6) is 0 Å². The van der Waals surface area contributed by atoms with Gasteiger partial charge < -0.3 is 25.0 Å². The molecule has 0 saturated carbocycles. The zero-order chi connectivity index (χ0) is 40.4. The number of nitrogens with one attached hydrogen (secondary N) is 2. The molecule has 0 spiro atoms. The molecule has 9 heteroatoms. The van der Waals surface area contributed by atoms with Crippen LogP contribution >= 0.6 is 0 Å². The highest BCUT2D eigenvalue weighted by Crippen LogP contribution is 2.20. The first-order valence-electron chi connectivity index (χ1n) is 22.8. The average Bonchev–Trinajstić information content (AvgIpc) is 3.18. The minimum atomic E-state index is -0.446. The van der Waals surface area contributed by atoms with E-state index >= 15 is 0 Å². The first kappa shape index (κ1) is 50.3. The Balaban J connectivity index is 2.41. The summed E-state index contributed by atoms with van der Waals surface area (Å²) in [4.78, 5) is 51.0. The molecule has 1 rings (SSSR count). The summed E-state index contributed by atoms with van der Waals surface area (Å²) >= 11 is 0. The topological polar surface area (TPSA) is 114 Å². The van der Waals surface area contributed by atoms with Crippen LogP contribution in [0.25, 0.3) is 0 Å². The van der Waals surface area contributed by atoms with E-state index in [1.807, 2.05) is 6.08 Å². The van der Waals surface area contributed by atoms with E-state index in [1.54, 1.807) is 13.1 Å². The molecule has 0 radical (unpaired) electrons. The van der Waals surface area contributed by atoms with Gasteiger partial charge in [-0.1, -0.05) is 124 Å². The van der Waals surface area contributed by atoms with Gasteiger partial charge in [-0.2, -0.15) is 0 Å². The molecule has 2 N–H and O–H groups in total. The molecule has 0 aliphatic rings. The number of hydrogen-bond acceptors (Lipinski definition) is 9. The summed E-state index contributed by atoms with van der Waals surface area (Å²) in [6.45, 7) is 13.0. The molecule has 0 atom stereocenters. The van der Waals surface area contributed by atoms with Gasteiger partial charge in [-0.25, -0.2) is 4.79 Å². The molecule has 0 aliphatic heterocycles. The van der Waals surface area contributed by atoms with Gasteiger partial charge in [0.2, 0.25) is 0 Å². The fraction of sp³-hybridized carbons (Fsp3) is 0.826. The third-order valence-electron chi connectivity index (χ3n) is 10.8. The van der Waals surface area contributed by atoms with Crippen LogP contribution in [-0.2, 0) is 19.1 Å². The summed E-state index contributed by atoms with van der Waals surface area (Å²) in [7, 11) is 1.66. The van der Waals surface area contributed by atoms with Gasteiger partial charge in [0.05, 0.1) is 6.61 Å². The fourth-order valence-electron chi connectivity index (χ4n) is 7.28. The Morgan fingerprint density at radius 3 is 1.82 bits per heavy atom. The second-order valence-electron chi connectivity index (χ2n) is 15.8. The van der Waals surface area contributed by atoms with Crippen molar-refractivity contribution in [2.45, 2.75) is 201 Å². The minimum Gasteiger partial charge on any atom is -0.463 e. The molecule has 1 aromatic rings. The van der Waals surface area contributed by atoms with Gasteiger partial charge in [0, 0.05) is 26.1 Å². The second-order valence-corrected chi connectivity index (χ2v) is 15.8. The van der Waals surface area contributed by atoms with Crippen molar-refractivity contribution in [3.8, 4) is 0 Å². The van der Waals surface area contributed by atoms with Gasteiger partial charge in [0.15, 0.2) is 0 Å². The quantitative estimate of drug-likeness (QED) is 0.0292. The third-order valence-corrected chi connectivity index (χ3v) is 10.8. The van der Waals surface area contributed by atoms with E-state index in [-0.39, 0.29) is 18.0 Å². The Kier molecular flexibility index (Phi) is 31.6. The van der Waals surface area contributed by atoms with Crippen LogP contribution in [0.15, 0.2) is 21.7 Å². The molecule has 1 aromatic carbocycles. The Hall–Kier alpha value is -2.68. The molecule has 0 amide bonds. The lowest BCUT2D eigenvalue weighted by atomic mass is 9.93. The largest absolute Gasteiger partial charge is 0.463 e. The van der Waals surface area contributed by atoms with Crippen LogP contribution < -0.4 is 21.5 Å². The molecule has 0 heterocycles. The average molecular weight is 774 g/mol.